The summed E-state index contributed by atoms with van der Waals surface area (Å²) in [7, 11) is -3.86. The van der Waals surface area contributed by atoms with Gasteiger partial charge >= 0.3 is 0 Å². The fraction of sp³-hybridized carbons (Fsp3) is 0.143. The van der Waals surface area contributed by atoms with Crippen molar-refractivity contribution in [3.05, 3.63) is 78.0 Å². The zero-order chi connectivity index (χ0) is 22.0. The second-order valence-corrected chi connectivity index (χ2v) is 8.48. The molecule has 0 saturated carbocycles. The minimum absolute atomic E-state index is 0.00270. The molecule has 0 saturated heterocycles. The average Bonchev–Trinajstić information content (AvgIpc) is 3.12. The number of rotatable bonds is 6. The maximum absolute atomic E-state index is 12.9. The summed E-state index contributed by atoms with van der Waals surface area (Å²) < 4.78 is 29.2. The number of nitrogens with one attached hydrogen (secondary N) is 2. The molecule has 0 atom stereocenters. The van der Waals surface area contributed by atoms with Crippen LogP contribution in [-0.2, 0) is 16.4 Å². The molecule has 158 valence electrons. The number of sulfonamides is 1. The van der Waals surface area contributed by atoms with Gasteiger partial charge in [-0.05, 0) is 55.8 Å². The van der Waals surface area contributed by atoms with Crippen LogP contribution < -0.4 is 10.0 Å². The summed E-state index contributed by atoms with van der Waals surface area (Å²) in [6.45, 7) is 3.67. The molecule has 0 aliphatic rings. The molecular formula is C21H20N6O3S. The summed E-state index contributed by atoms with van der Waals surface area (Å²) in [5.41, 5.74) is 2.93. The van der Waals surface area contributed by atoms with Crippen LogP contribution in [0.2, 0.25) is 0 Å². The first-order valence-electron chi connectivity index (χ1n) is 9.57. The summed E-state index contributed by atoms with van der Waals surface area (Å²) in [5.74, 6) is -0.325. The third-order valence-electron chi connectivity index (χ3n) is 4.60. The normalized spacial score (nSPS) is 11.4. The summed E-state index contributed by atoms with van der Waals surface area (Å²) in [4.78, 5) is 25.4. The van der Waals surface area contributed by atoms with Crippen molar-refractivity contribution >= 4 is 33.2 Å². The predicted octanol–water partition coefficient (Wildman–Crippen LogP) is 3.05. The van der Waals surface area contributed by atoms with Crippen molar-refractivity contribution in [3.63, 3.8) is 0 Å². The van der Waals surface area contributed by atoms with Crippen LogP contribution in [0.5, 0.6) is 0 Å². The first-order valence-corrected chi connectivity index (χ1v) is 11.1. The van der Waals surface area contributed by atoms with Crippen LogP contribution in [0.1, 0.15) is 28.8 Å². The molecule has 0 radical (unpaired) electrons. The molecule has 3 heterocycles. The highest BCUT2D eigenvalue weighted by atomic mass is 32.2. The number of carbonyl (C=O) groups is 1. The summed E-state index contributed by atoms with van der Waals surface area (Å²) in [5, 5.41) is 2.81. The fourth-order valence-electron chi connectivity index (χ4n) is 3.12. The van der Waals surface area contributed by atoms with Gasteiger partial charge in [0.25, 0.3) is 15.9 Å². The highest BCUT2D eigenvalue weighted by Crippen LogP contribution is 2.19. The molecule has 0 aliphatic heterocycles. The third kappa shape index (κ3) is 4.24. The number of aryl methyl sites for hydroxylation is 2. The van der Waals surface area contributed by atoms with Gasteiger partial charge in [0.2, 0.25) is 5.95 Å². The van der Waals surface area contributed by atoms with E-state index in [1.807, 2.05) is 25.1 Å². The minimum Gasteiger partial charge on any atom is -0.321 e. The number of hydrogen-bond acceptors (Lipinski definition) is 6. The smallest absolute Gasteiger partial charge is 0.274 e. The molecule has 0 fully saturated rings. The van der Waals surface area contributed by atoms with Gasteiger partial charge < -0.3 is 5.32 Å². The lowest BCUT2D eigenvalue weighted by atomic mass is 10.2. The van der Waals surface area contributed by atoms with Crippen LogP contribution in [0.25, 0.3) is 5.65 Å². The molecule has 31 heavy (non-hydrogen) atoms. The molecule has 2 N–H and O–H groups in total. The topological polar surface area (TPSA) is 118 Å². The zero-order valence-electron chi connectivity index (χ0n) is 16.9. The van der Waals surface area contributed by atoms with Crippen molar-refractivity contribution in [1.82, 2.24) is 19.4 Å². The van der Waals surface area contributed by atoms with E-state index in [4.69, 9.17) is 0 Å². The van der Waals surface area contributed by atoms with Crippen LogP contribution in [-0.4, -0.2) is 33.7 Å². The van der Waals surface area contributed by atoms with Gasteiger partial charge in [0.05, 0.1) is 10.6 Å². The molecule has 0 unspecified atom stereocenters. The van der Waals surface area contributed by atoms with Gasteiger partial charge in [-0.25, -0.2) is 28.1 Å². The second kappa shape index (κ2) is 8.15. The van der Waals surface area contributed by atoms with E-state index in [2.05, 4.69) is 25.0 Å². The highest BCUT2D eigenvalue weighted by Gasteiger charge is 2.19. The molecule has 1 aromatic carbocycles. The first kappa shape index (κ1) is 20.5. The molecule has 0 bridgehead atoms. The maximum atomic E-state index is 12.9. The van der Waals surface area contributed by atoms with Gasteiger partial charge in [-0.1, -0.05) is 13.0 Å². The monoisotopic (exact) mass is 436 g/mol. The molecule has 4 aromatic rings. The summed E-state index contributed by atoms with van der Waals surface area (Å²) in [6, 6.07) is 13.1. The van der Waals surface area contributed by atoms with E-state index in [1.54, 1.807) is 23.6 Å². The van der Waals surface area contributed by atoms with Gasteiger partial charge in [0, 0.05) is 23.8 Å². The number of anilines is 2. The Morgan fingerprint density at radius 3 is 2.55 bits per heavy atom. The van der Waals surface area contributed by atoms with Crippen molar-refractivity contribution in [2.24, 2.45) is 0 Å². The standard InChI is InChI=1S/C21H20N6O3S/c1-3-17-19(27-13-5-4-6-18(27)25-17)20(28)24-15-7-9-16(10-8-15)31(29,30)26-21-22-12-11-14(2)23-21/h4-13H,3H2,1-2H3,(H,24,28)(H,22,23,26). The number of hydrogen-bond donors (Lipinski definition) is 2. The Morgan fingerprint density at radius 2 is 1.84 bits per heavy atom. The van der Waals surface area contributed by atoms with Gasteiger partial charge in [-0.15, -0.1) is 0 Å². The minimum atomic E-state index is -3.86. The lowest BCUT2D eigenvalue weighted by molar-refractivity contribution is 0.102. The molecule has 3 aromatic heterocycles. The average molecular weight is 436 g/mol. The van der Waals surface area contributed by atoms with Crippen LogP contribution in [0.4, 0.5) is 11.6 Å². The first-order chi connectivity index (χ1) is 14.9. The van der Waals surface area contributed by atoms with Crippen molar-refractivity contribution in [1.29, 1.82) is 0 Å². The Hall–Kier alpha value is -3.79. The molecule has 1 amide bonds. The Bertz CT molecular complexity index is 1360. The number of amides is 1. The zero-order valence-corrected chi connectivity index (χ0v) is 17.7. The van der Waals surface area contributed by atoms with Crippen LogP contribution in [0, 0.1) is 6.92 Å². The van der Waals surface area contributed by atoms with Gasteiger partial charge in [0.1, 0.15) is 11.3 Å². The van der Waals surface area contributed by atoms with Gasteiger partial charge in [-0.3, -0.25) is 9.20 Å². The van der Waals surface area contributed by atoms with E-state index in [1.165, 1.54) is 30.5 Å². The summed E-state index contributed by atoms with van der Waals surface area (Å²) >= 11 is 0. The molecule has 9 nitrogen and oxygen atoms in total. The van der Waals surface area contributed by atoms with E-state index in [-0.39, 0.29) is 16.8 Å². The van der Waals surface area contributed by atoms with Crippen molar-refractivity contribution in [2.45, 2.75) is 25.2 Å². The van der Waals surface area contributed by atoms with E-state index in [0.29, 0.717) is 34.8 Å². The molecule has 10 heteroatoms. The SMILES string of the molecule is CCc1nc2ccccn2c1C(=O)Nc1ccc(S(=O)(=O)Nc2nccc(C)n2)cc1. The van der Waals surface area contributed by atoms with Crippen molar-refractivity contribution in [3.8, 4) is 0 Å². The molecule has 0 spiro atoms. The van der Waals surface area contributed by atoms with Gasteiger partial charge in [-0.2, -0.15) is 0 Å². The van der Waals surface area contributed by atoms with Gasteiger partial charge in [0.15, 0.2) is 0 Å². The van der Waals surface area contributed by atoms with Crippen LogP contribution in [0.15, 0.2) is 65.8 Å². The Kier molecular flexibility index (Phi) is 5.38. The van der Waals surface area contributed by atoms with E-state index in [0.717, 1.165) is 0 Å². The number of fused-ring (bicyclic) bond motifs is 1. The Morgan fingerprint density at radius 1 is 1.06 bits per heavy atom. The Labute approximate surface area is 179 Å². The molecular weight excluding hydrogens is 416 g/mol. The van der Waals surface area contributed by atoms with E-state index >= 15 is 0 Å². The second-order valence-electron chi connectivity index (χ2n) is 6.80. The van der Waals surface area contributed by atoms with E-state index < -0.39 is 10.0 Å². The van der Waals surface area contributed by atoms with Crippen molar-refractivity contribution < 1.29 is 13.2 Å². The van der Waals surface area contributed by atoms with Crippen molar-refractivity contribution in [2.75, 3.05) is 10.0 Å². The lowest BCUT2D eigenvalue weighted by Gasteiger charge is -2.09. The molecule has 4 rings (SSSR count). The number of benzene rings is 1. The molecule has 0 aliphatic carbocycles. The fourth-order valence-corrected chi connectivity index (χ4v) is 4.07. The number of pyridine rings is 1. The third-order valence-corrected chi connectivity index (χ3v) is 5.94. The largest absolute Gasteiger partial charge is 0.321 e. The van der Waals surface area contributed by atoms with Crippen LogP contribution in [0.3, 0.4) is 0 Å². The number of aromatic nitrogens is 4. The maximum Gasteiger partial charge on any atom is 0.274 e. The van der Waals surface area contributed by atoms with E-state index in [9.17, 15) is 13.2 Å². The number of imidazole rings is 1. The number of nitrogens with zero attached hydrogens (tertiary/aromatic N) is 4. The lowest BCUT2D eigenvalue weighted by Crippen LogP contribution is -2.17. The van der Waals surface area contributed by atoms with Crippen LogP contribution >= 0.6 is 0 Å². The Balaban J connectivity index is 1.54. The predicted molar refractivity (Wildman–Crippen MR) is 117 cm³/mol. The highest BCUT2D eigenvalue weighted by molar-refractivity contribution is 7.92. The quantitative estimate of drug-likeness (QED) is 0.480. The summed E-state index contributed by atoms with van der Waals surface area (Å²) in [6.07, 6.45) is 3.86. The number of carbonyl (C=O) groups excluding carboxylic acids is 1.